The Hall–Kier alpha value is -2.29. The van der Waals surface area contributed by atoms with Crippen LogP contribution in [0.4, 0.5) is 5.69 Å². The summed E-state index contributed by atoms with van der Waals surface area (Å²) in [6.07, 6.45) is 0.960. The van der Waals surface area contributed by atoms with Crippen LogP contribution in [-0.4, -0.2) is 19.1 Å². The minimum absolute atomic E-state index is 0.321. The number of carbonyl (C=O) groups excluding carboxylic acids is 1. The molecule has 3 nitrogen and oxygen atoms in total. The zero-order valence-corrected chi connectivity index (χ0v) is 13.5. The van der Waals surface area contributed by atoms with Gasteiger partial charge in [0.1, 0.15) is 5.75 Å². The van der Waals surface area contributed by atoms with E-state index in [-0.39, 0.29) is 5.97 Å². The van der Waals surface area contributed by atoms with Crippen LogP contribution in [0.5, 0.6) is 5.75 Å². The molecule has 0 heterocycles. The van der Waals surface area contributed by atoms with Crippen LogP contribution in [0.3, 0.4) is 0 Å². The average Bonchev–Trinajstić information content (AvgIpc) is 2.57. The van der Waals surface area contributed by atoms with Crippen LogP contribution in [-0.2, 0) is 6.42 Å². The van der Waals surface area contributed by atoms with Crippen molar-refractivity contribution in [2.75, 3.05) is 18.0 Å². The van der Waals surface area contributed by atoms with Crippen LogP contribution < -0.4 is 9.64 Å². The van der Waals surface area contributed by atoms with Gasteiger partial charge in [-0.3, -0.25) is 0 Å². The Kier molecular flexibility index (Phi) is 5.59. The molecule has 0 aliphatic rings. The first-order valence-corrected chi connectivity index (χ1v) is 7.84. The third kappa shape index (κ3) is 3.88. The third-order valence-electron chi connectivity index (χ3n) is 3.77. The molecule has 2 aromatic carbocycles. The van der Waals surface area contributed by atoms with Gasteiger partial charge < -0.3 is 9.64 Å². The number of aryl methyl sites for hydroxylation is 1. The molecule has 0 bridgehead atoms. The molecule has 0 saturated heterocycles. The van der Waals surface area contributed by atoms with Crippen molar-refractivity contribution >= 4 is 11.7 Å². The molecule has 0 aliphatic carbocycles. The summed E-state index contributed by atoms with van der Waals surface area (Å²) in [5.41, 5.74) is 2.92. The molecule has 2 aromatic rings. The van der Waals surface area contributed by atoms with Crippen LogP contribution in [0.25, 0.3) is 0 Å². The molecular weight excluding hydrogens is 274 g/mol. The smallest absolute Gasteiger partial charge is 0.343 e. The summed E-state index contributed by atoms with van der Waals surface area (Å²) >= 11 is 0. The topological polar surface area (TPSA) is 29.5 Å². The van der Waals surface area contributed by atoms with Crippen molar-refractivity contribution in [2.24, 2.45) is 0 Å². The number of esters is 1. The minimum atomic E-state index is -0.321. The molecule has 0 radical (unpaired) electrons. The Morgan fingerprint density at radius 1 is 0.909 bits per heavy atom. The van der Waals surface area contributed by atoms with Crippen molar-refractivity contribution in [3.05, 3.63) is 59.7 Å². The Labute approximate surface area is 132 Å². The maximum Gasteiger partial charge on any atom is 0.343 e. The second-order valence-electron chi connectivity index (χ2n) is 5.11. The monoisotopic (exact) mass is 297 g/mol. The number of anilines is 1. The van der Waals surface area contributed by atoms with Crippen LogP contribution in [0.2, 0.25) is 0 Å². The van der Waals surface area contributed by atoms with E-state index in [0.29, 0.717) is 11.3 Å². The number of benzene rings is 2. The predicted molar refractivity (Wildman–Crippen MR) is 90.8 cm³/mol. The molecule has 0 spiro atoms. The van der Waals surface area contributed by atoms with Crippen molar-refractivity contribution in [1.29, 1.82) is 0 Å². The van der Waals surface area contributed by atoms with Gasteiger partial charge in [-0.2, -0.15) is 0 Å². The summed E-state index contributed by atoms with van der Waals surface area (Å²) in [5, 5.41) is 0. The van der Waals surface area contributed by atoms with Crippen molar-refractivity contribution in [1.82, 2.24) is 0 Å². The van der Waals surface area contributed by atoms with E-state index in [2.05, 4.69) is 25.7 Å². The van der Waals surface area contributed by atoms with Gasteiger partial charge in [0.05, 0.1) is 5.56 Å². The van der Waals surface area contributed by atoms with Gasteiger partial charge in [-0.05, 0) is 62.2 Å². The Balaban J connectivity index is 2.04. The highest BCUT2D eigenvalue weighted by Gasteiger charge is 2.09. The molecule has 0 fully saturated rings. The predicted octanol–water partition coefficient (Wildman–Crippen LogP) is 4.31. The van der Waals surface area contributed by atoms with Gasteiger partial charge in [0.25, 0.3) is 0 Å². The van der Waals surface area contributed by atoms with Crippen molar-refractivity contribution in [3.8, 4) is 5.75 Å². The van der Waals surface area contributed by atoms with E-state index < -0.39 is 0 Å². The number of nitrogens with zero attached hydrogens (tertiary/aromatic N) is 1. The van der Waals surface area contributed by atoms with Crippen molar-refractivity contribution in [2.45, 2.75) is 27.2 Å². The summed E-state index contributed by atoms with van der Waals surface area (Å²) in [5.74, 6) is 0.249. The number of rotatable bonds is 6. The van der Waals surface area contributed by atoms with E-state index in [1.165, 1.54) is 5.56 Å². The summed E-state index contributed by atoms with van der Waals surface area (Å²) in [6.45, 7) is 8.25. The maximum atomic E-state index is 12.1. The number of hydrogen-bond donors (Lipinski definition) is 0. The van der Waals surface area contributed by atoms with E-state index >= 15 is 0 Å². The van der Waals surface area contributed by atoms with Gasteiger partial charge in [0, 0.05) is 18.8 Å². The third-order valence-corrected chi connectivity index (χ3v) is 3.77. The summed E-state index contributed by atoms with van der Waals surface area (Å²) < 4.78 is 5.42. The fraction of sp³-hybridized carbons (Fsp3) is 0.316. The first kappa shape index (κ1) is 16.1. The van der Waals surface area contributed by atoms with Crippen LogP contribution >= 0.6 is 0 Å². The van der Waals surface area contributed by atoms with E-state index in [1.807, 2.05) is 48.5 Å². The first-order valence-electron chi connectivity index (χ1n) is 7.84. The lowest BCUT2D eigenvalue weighted by molar-refractivity contribution is 0.0735. The molecule has 0 amide bonds. The van der Waals surface area contributed by atoms with E-state index in [4.69, 9.17) is 4.74 Å². The molecular formula is C19H23NO2. The zero-order valence-electron chi connectivity index (χ0n) is 13.5. The lowest BCUT2D eigenvalue weighted by Gasteiger charge is -2.20. The Morgan fingerprint density at radius 3 is 2.00 bits per heavy atom. The number of ether oxygens (including phenoxy) is 1. The zero-order chi connectivity index (χ0) is 15.9. The summed E-state index contributed by atoms with van der Waals surface area (Å²) in [7, 11) is 0. The van der Waals surface area contributed by atoms with Crippen molar-refractivity contribution in [3.63, 3.8) is 0 Å². The van der Waals surface area contributed by atoms with E-state index in [9.17, 15) is 4.79 Å². The van der Waals surface area contributed by atoms with Gasteiger partial charge in [-0.25, -0.2) is 4.79 Å². The maximum absolute atomic E-state index is 12.1. The van der Waals surface area contributed by atoms with Crippen LogP contribution in [0, 0.1) is 0 Å². The molecule has 3 heteroatoms. The average molecular weight is 297 g/mol. The molecule has 0 atom stereocenters. The van der Waals surface area contributed by atoms with Crippen molar-refractivity contribution < 1.29 is 9.53 Å². The fourth-order valence-corrected chi connectivity index (χ4v) is 2.36. The lowest BCUT2D eigenvalue weighted by Crippen LogP contribution is -2.21. The largest absolute Gasteiger partial charge is 0.423 e. The van der Waals surface area contributed by atoms with Gasteiger partial charge in [0.2, 0.25) is 0 Å². The molecule has 0 saturated carbocycles. The molecule has 0 unspecified atom stereocenters. The minimum Gasteiger partial charge on any atom is -0.423 e. The quantitative estimate of drug-likeness (QED) is 0.587. The normalized spacial score (nSPS) is 10.3. The number of carbonyl (C=O) groups is 1. The fourth-order valence-electron chi connectivity index (χ4n) is 2.36. The van der Waals surface area contributed by atoms with Crippen LogP contribution in [0.1, 0.15) is 36.7 Å². The molecule has 22 heavy (non-hydrogen) atoms. The Bertz CT molecular complexity index is 598. The highest BCUT2D eigenvalue weighted by atomic mass is 16.5. The number of hydrogen-bond acceptors (Lipinski definition) is 3. The highest BCUT2D eigenvalue weighted by Crippen LogP contribution is 2.20. The molecule has 0 aliphatic heterocycles. The summed E-state index contributed by atoms with van der Waals surface area (Å²) in [6, 6.07) is 15.2. The Morgan fingerprint density at radius 2 is 1.50 bits per heavy atom. The molecule has 0 aromatic heterocycles. The second-order valence-corrected chi connectivity index (χ2v) is 5.11. The highest BCUT2D eigenvalue weighted by molar-refractivity contribution is 5.91. The van der Waals surface area contributed by atoms with Gasteiger partial charge in [-0.1, -0.05) is 19.1 Å². The molecule has 0 N–H and O–H groups in total. The van der Waals surface area contributed by atoms with Gasteiger partial charge in [-0.15, -0.1) is 0 Å². The second kappa shape index (κ2) is 7.64. The standard InChI is InChI=1S/C19H23NO2/c1-4-15-7-9-16(10-8-15)19(21)22-18-13-11-17(12-14-18)20(5-2)6-3/h7-14H,4-6H2,1-3H3. The van der Waals surface area contributed by atoms with Gasteiger partial charge >= 0.3 is 5.97 Å². The summed E-state index contributed by atoms with van der Waals surface area (Å²) in [4.78, 5) is 14.4. The van der Waals surface area contributed by atoms with E-state index in [0.717, 1.165) is 25.2 Å². The molecule has 116 valence electrons. The lowest BCUT2D eigenvalue weighted by atomic mass is 10.1. The SMILES string of the molecule is CCc1ccc(C(=O)Oc2ccc(N(CC)CC)cc2)cc1. The first-order chi connectivity index (χ1) is 10.7. The van der Waals surface area contributed by atoms with E-state index in [1.54, 1.807) is 0 Å². The molecule has 2 rings (SSSR count). The van der Waals surface area contributed by atoms with Gasteiger partial charge in [0.15, 0.2) is 0 Å². The van der Waals surface area contributed by atoms with Crippen LogP contribution in [0.15, 0.2) is 48.5 Å².